The molecule has 3 heteroatoms. The Morgan fingerprint density at radius 3 is 2.94 bits per heavy atom. The molecule has 1 aromatic heterocycles. The smallest absolute Gasteiger partial charge is 0.0312 e. The molecule has 0 bridgehead atoms. The lowest BCUT2D eigenvalue weighted by Gasteiger charge is -2.10. The first-order valence-electron chi connectivity index (χ1n) is 6.75. The van der Waals surface area contributed by atoms with Crippen LogP contribution in [0.2, 0.25) is 0 Å². The van der Waals surface area contributed by atoms with Gasteiger partial charge >= 0.3 is 0 Å². The molecule has 3 nitrogen and oxygen atoms in total. The lowest BCUT2D eigenvalue weighted by atomic mass is 10.1. The lowest BCUT2D eigenvalue weighted by molar-refractivity contribution is 0.386. The number of rotatable bonds is 4. The normalized spacial score (nSPS) is 20.4. The molecule has 0 saturated heterocycles. The van der Waals surface area contributed by atoms with Crippen LogP contribution >= 0.6 is 0 Å². The van der Waals surface area contributed by atoms with Crippen LogP contribution in [0.3, 0.4) is 0 Å². The van der Waals surface area contributed by atoms with Crippen molar-refractivity contribution in [3.8, 4) is 0 Å². The maximum Gasteiger partial charge on any atom is 0.0312 e. The Morgan fingerprint density at radius 2 is 2.18 bits per heavy atom. The second-order valence-corrected chi connectivity index (χ2v) is 5.49. The fraction of sp³-hybridized carbons (Fsp3) is 0.714. The molecule has 0 aromatic carbocycles. The number of nitrogens with two attached hydrogens (primary N) is 1. The van der Waals surface area contributed by atoms with Gasteiger partial charge in [-0.25, -0.2) is 0 Å². The van der Waals surface area contributed by atoms with E-state index in [0.29, 0.717) is 0 Å². The Morgan fingerprint density at radius 1 is 1.35 bits per heavy atom. The van der Waals surface area contributed by atoms with Gasteiger partial charge in [-0.15, -0.1) is 0 Å². The Hall–Kier alpha value is -0.800. The largest absolute Gasteiger partial charge is 0.354 e. The van der Waals surface area contributed by atoms with Crippen molar-refractivity contribution in [2.45, 2.75) is 44.7 Å². The van der Waals surface area contributed by atoms with Crippen LogP contribution < -0.4 is 5.73 Å². The summed E-state index contributed by atoms with van der Waals surface area (Å²) in [5.74, 6) is 0. The van der Waals surface area contributed by atoms with Crippen LogP contribution in [-0.4, -0.2) is 30.1 Å². The second-order valence-electron chi connectivity index (χ2n) is 5.49. The molecule has 0 fully saturated rings. The van der Waals surface area contributed by atoms with Crippen molar-refractivity contribution in [1.29, 1.82) is 0 Å². The molecule has 1 unspecified atom stereocenters. The predicted octanol–water partition coefficient (Wildman–Crippen LogP) is 2.17. The summed E-state index contributed by atoms with van der Waals surface area (Å²) in [6.07, 6.45) is 10.7. The summed E-state index contributed by atoms with van der Waals surface area (Å²) in [4.78, 5) is 2.24. The van der Waals surface area contributed by atoms with E-state index in [4.69, 9.17) is 5.73 Å². The van der Waals surface area contributed by atoms with Gasteiger partial charge in [-0.1, -0.05) is 6.42 Å². The van der Waals surface area contributed by atoms with E-state index in [0.717, 1.165) is 19.5 Å². The van der Waals surface area contributed by atoms with Gasteiger partial charge in [0.25, 0.3) is 0 Å². The van der Waals surface area contributed by atoms with E-state index in [9.17, 15) is 0 Å². The average Bonchev–Trinajstić information content (AvgIpc) is 2.60. The standard InChI is InChI=1S/C14H25N3/c1-16(2)8-5-9-17-10-12-6-3-4-7-14(15)13(12)11-17/h10-11,14H,3-9,15H2,1-2H3. The SMILES string of the molecule is CN(C)CCCn1cc2c(c1)C(N)CCCC2. The van der Waals surface area contributed by atoms with Crippen LogP contribution in [0.25, 0.3) is 0 Å². The Bertz CT molecular complexity index is 354. The molecule has 2 rings (SSSR count). The highest BCUT2D eigenvalue weighted by Crippen LogP contribution is 2.27. The van der Waals surface area contributed by atoms with E-state index < -0.39 is 0 Å². The molecule has 1 aromatic rings. The third-order valence-electron chi connectivity index (χ3n) is 3.63. The number of hydrogen-bond acceptors (Lipinski definition) is 2. The maximum atomic E-state index is 6.22. The van der Waals surface area contributed by atoms with E-state index in [2.05, 4.69) is 36.0 Å². The number of nitrogens with zero attached hydrogens (tertiary/aromatic N) is 2. The van der Waals surface area contributed by atoms with Gasteiger partial charge in [0.1, 0.15) is 0 Å². The Balaban J connectivity index is 1.98. The van der Waals surface area contributed by atoms with Crippen molar-refractivity contribution in [2.75, 3.05) is 20.6 Å². The highest BCUT2D eigenvalue weighted by Gasteiger charge is 2.16. The summed E-state index contributed by atoms with van der Waals surface area (Å²) >= 11 is 0. The molecule has 0 radical (unpaired) electrons. The molecule has 1 heterocycles. The van der Waals surface area contributed by atoms with Crippen LogP contribution in [0.5, 0.6) is 0 Å². The second kappa shape index (κ2) is 5.69. The number of hydrogen-bond donors (Lipinski definition) is 1. The molecule has 17 heavy (non-hydrogen) atoms. The zero-order valence-electron chi connectivity index (χ0n) is 11.2. The summed E-state index contributed by atoms with van der Waals surface area (Å²) in [5, 5.41) is 0. The third-order valence-corrected chi connectivity index (χ3v) is 3.63. The van der Waals surface area contributed by atoms with Gasteiger partial charge < -0.3 is 15.2 Å². The molecule has 0 spiro atoms. The molecule has 1 aliphatic carbocycles. The zero-order chi connectivity index (χ0) is 12.3. The minimum atomic E-state index is 0.266. The van der Waals surface area contributed by atoms with Crippen LogP contribution in [0.15, 0.2) is 12.4 Å². The Labute approximate surface area is 105 Å². The van der Waals surface area contributed by atoms with Crippen LogP contribution in [0.4, 0.5) is 0 Å². The third kappa shape index (κ3) is 3.33. The van der Waals surface area contributed by atoms with Crippen molar-refractivity contribution >= 4 is 0 Å². The minimum Gasteiger partial charge on any atom is -0.354 e. The molecule has 1 atom stereocenters. The van der Waals surface area contributed by atoms with Crippen LogP contribution in [0.1, 0.15) is 42.9 Å². The van der Waals surface area contributed by atoms with E-state index >= 15 is 0 Å². The van der Waals surface area contributed by atoms with Gasteiger partial charge in [-0.3, -0.25) is 0 Å². The summed E-state index contributed by atoms with van der Waals surface area (Å²) in [6, 6.07) is 0.266. The first-order valence-corrected chi connectivity index (χ1v) is 6.75. The molecular weight excluding hydrogens is 210 g/mol. The van der Waals surface area contributed by atoms with E-state index in [1.165, 1.54) is 36.8 Å². The van der Waals surface area contributed by atoms with Gasteiger partial charge in [0.2, 0.25) is 0 Å². The maximum absolute atomic E-state index is 6.22. The highest BCUT2D eigenvalue weighted by atomic mass is 15.1. The minimum absolute atomic E-state index is 0.266. The van der Waals surface area contributed by atoms with Gasteiger partial charge in [0, 0.05) is 25.0 Å². The van der Waals surface area contributed by atoms with Crippen molar-refractivity contribution in [3.05, 3.63) is 23.5 Å². The number of fused-ring (bicyclic) bond motifs is 1. The van der Waals surface area contributed by atoms with Crippen LogP contribution in [0, 0.1) is 0 Å². The van der Waals surface area contributed by atoms with Crippen molar-refractivity contribution < 1.29 is 0 Å². The first kappa shape index (κ1) is 12.7. The van der Waals surface area contributed by atoms with E-state index in [1.54, 1.807) is 0 Å². The Kier molecular flexibility index (Phi) is 4.24. The van der Waals surface area contributed by atoms with Crippen molar-refractivity contribution in [2.24, 2.45) is 5.73 Å². The van der Waals surface area contributed by atoms with Gasteiger partial charge in [0.15, 0.2) is 0 Å². The van der Waals surface area contributed by atoms with E-state index in [-0.39, 0.29) is 6.04 Å². The molecule has 0 amide bonds. The first-order chi connectivity index (χ1) is 8.16. The van der Waals surface area contributed by atoms with Gasteiger partial charge in [-0.05, 0) is 57.5 Å². The predicted molar refractivity (Wildman–Crippen MR) is 72.1 cm³/mol. The molecule has 1 aliphatic rings. The zero-order valence-corrected chi connectivity index (χ0v) is 11.2. The molecule has 0 aliphatic heterocycles. The summed E-state index contributed by atoms with van der Waals surface area (Å²) in [6.45, 7) is 2.26. The fourth-order valence-corrected chi connectivity index (χ4v) is 2.65. The van der Waals surface area contributed by atoms with Crippen LogP contribution in [-0.2, 0) is 13.0 Å². The topological polar surface area (TPSA) is 34.2 Å². The summed E-state index contributed by atoms with van der Waals surface area (Å²) in [7, 11) is 4.25. The lowest BCUT2D eigenvalue weighted by Crippen LogP contribution is -2.14. The quantitative estimate of drug-likeness (QED) is 0.812. The van der Waals surface area contributed by atoms with E-state index in [1.807, 2.05) is 0 Å². The van der Waals surface area contributed by atoms with Crippen molar-refractivity contribution in [3.63, 3.8) is 0 Å². The fourth-order valence-electron chi connectivity index (χ4n) is 2.65. The highest BCUT2D eigenvalue weighted by molar-refractivity contribution is 5.28. The molecule has 2 N–H and O–H groups in total. The van der Waals surface area contributed by atoms with Crippen molar-refractivity contribution in [1.82, 2.24) is 9.47 Å². The molecule has 96 valence electrons. The number of aryl methyl sites for hydroxylation is 2. The van der Waals surface area contributed by atoms with Gasteiger partial charge in [0.05, 0.1) is 0 Å². The van der Waals surface area contributed by atoms with Gasteiger partial charge in [-0.2, -0.15) is 0 Å². The molecule has 0 saturated carbocycles. The summed E-state index contributed by atoms with van der Waals surface area (Å²) < 4.78 is 2.33. The number of aromatic nitrogens is 1. The monoisotopic (exact) mass is 235 g/mol. The summed E-state index contributed by atoms with van der Waals surface area (Å²) in [5.41, 5.74) is 9.10. The molecular formula is C14H25N3. The average molecular weight is 235 g/mol.